The first kappa shape index (κ1) is 16.9. The quantitative estimate of drug-likeness (QED) is 0.839. The molecule has 0 bridgehead atoms. The van der Waals surface area contributed by atoms with Gasteiger partial charge in [0.2, 0.25) is 0 Å². The van der Waals surface area contributed by atoms with Crippen LogP contribution in [0.1, 0.15) is 20.4 Å². The smallest absolute Gasteiger partial charge is 0.273 e. The molecule has 128 valence electrons. The second-order valence-electron chi connectivity index (χ2n) is 6.00. The van der Waals surface area contributed by atoms with Crippen molar-refractivity contribution in [2.45, 2.75) is 20.4 Å². The van der Waals surface area contributed by atoms with Crippen LogP contribution in [0, 0.1) is 13.8 Å². The third-order valence-electron chi connectivity index (χ3n) is 4.32. The molecule has 2 aromatic heterocycles. The number of aryl methyl sites for hydroxylation is 2. The van der Waals surface area contributed by atoms with Gasteiger partial charge in [-0.3, -0.25) is 14.5 Å². The first-order valence-electron chi connectivity index (χ1n) is 8.16. The summed E-state index contributed by atoms with van der Waals surface area (Å²) in [6, 6.07) is 5.20. The number of rotatable bonds is 4. The molecule has 1 aliphatic heterocycles. The van der Waals surface area contributed by atoms with E-state index in [2.05, 4.69) is 9.88 Å². The van der Waals surface area contributed by atoms with E-state index < -0.39 is 0 Å². The lowest BCUT2D eigenvalue weighted by Crippen LogP contribution is -2.49. The molecule has 1 amide bonds. The fourth-order valence-electron chi connectivity index (χ4n) is 2.95. The number of aromatic nitrogens is 2. The molecule has 0 N–H and O–H groups in total. The van der Waals surface area contributed by atoms with Gasteiger partial charge in [0.05, 0.1) is 5.01 Å². The number of carbonyl (C=O) groups excluding carboxylic acids is 1. The molecule has 2 aromatic rings. The van der Waals surface area contributed by atoms with Gasteiger partial charge in [0, 0.05) is 56.4 Å². The van der Waals surface area contributed by atoms with Gasteiger partial charge in [-0.05, 0) is 19.9 Å². The zero-order chi connectivity index (χ0) is 17.1. The van der Waals surface area contributed by atoms with E-state index in [1.807, 2.05) is 31.0 Å². The summed E-state index contributed by atoms with van der Waals surface area (Å²) in [6.45, 7) is 8.45. The highest BCUT2D eigenvalue weighted by Gasteiger charge is 2.25. The minimum Gasteiger partial charge on any atom is -0.335 e. The molecular formula is C17H22N4O2S. The summed E-state index contributed by atoms with van der Waals surface area (Å²) in [4.78, 5) is 33.8. The Bertz CT molecular complexity index is 775. The van der Waals surface area contributed by atoms with E-state index in [4.69, 9.17) is 0 Å². The lowest BCUT2D eigenvalue weighted by atomic mass is 10.2. The highest BCUT2D eigenvalue weighted by Crippen LogP contribution is 2.18. The van der Waals surface area contributed by atoms with Crippen molar-refractivity contribution in [1.82, 2.24) is 19.4 Å². The summed E-state index contributed by atoms with van der Waals surface area (Å²) in [5.74, 6) is 0.0378. The number of amides is 1. The summed E-state index contributed by atoms with van der Waals surface area (Å²) in [5.41, 5.74) is 0.627. The molecular weight excluding hydrogens is 324 g/mol. The molecule has 1 fully saturated rings. The minimum atomic E-state index is 0.0284. The third-order valence-corrected chi connectivity index (χ3v) is 5.21. The number of thiazole rings is 1. The SMILES string of the molecule is Cc1nc(C(=O)N2CCN(CCn3ccccc3=O)CC2)c(C)s1. The van der Waals surface area contributed by atoms with Crippen LogP contribution in [0.2, 0.25) is 0 Å². The summed E-state index contributed by atoms with van der Waals surface area (Å²) in [6.07, 6.45) is 1.81. The first-order chi connectivity index (χ1) is 11.5. The highest BCUT2D eigenvalue weighted by atomic mass is 32.1. The Morgan fingerprint density at radius 1 is 1.17 bits per heavy atom. The molecule has 0 aromatic carbocycles. The van der Waals surface area contributed by atoms with Gasteiger partial charge in [0.15, 0.2) is 0 Å². The van der Waals surface area contributed by atoms with E-state index in [0.717, 1.165) is 29.5 Å². The molecule has 24 heavy (non-hydrogen) atoms. The topological polar surface area (TPSA) is 58.4 Å². The van der Waals surface area contributed by atoms with Crippen molar-refractivity contribution >= 4 is 17.2 Å². The zero-order valence-corrected chi connectivity index (χ0v) is 14.9. The molecule has 6 nitrogen and oxygen atoms in total. The Labute approximate surface area is 145 Å². The van der Waals surface area contributed by atoms with Crippen LogP contribution >= 0.6 is 11.3 Å². The van der Waals surface area contributed by atoms with Crippen LogP contribution in [0.3, 0.4) is 0 Å². The van der Waals surface area contributed by atoms with E-state index in [0.29, 0.717) is 25.3 Å². The van der Waals surface area contributed by atoms with Gasteiger partial charge in [0.1, 0.15) is 5.69 Å². The molecule has 0 atom stereocenters. The van der Waals surface area contributed by atoms with Gasteiger partial charge in [0.25, 0.3) is 11.5 Å². The van der Waals surface area contributed by atoms with Crippen molar-refractivity contribution in [1.29, 1.82) is 0 Å². The normalized spacial score (nSPS) is 15.7. The van der Waals surface area contributed by atoms with Crippen molar-refractivity contribution in [2.24, 2.45) is 0 Å². The van der Waals surface area contributed by atoms with Crippen molar-refractivity contribution in [3.63, 3.8) is 0 Å². The van der Waals surface area contributed by atoms with Crippen LogP contribution in [-0.2, 0) is 6.54 Å². The lowest BCUT2D eigenvalue weighted by molar-refractivity contribution is 0.0627. The van der Waals surface area contributed by atoms with Crippen LogP contribution in [-0.4, -0.2) is 58.0 Å². The number of hydrogen-bond acceptors (Lipinski definition) is 5. The van der Waals surface area contributed by atoms with Crippen LogP contribution < -0.4 is 5.56 Å². The standard InChI is InChI=1S/C17H22N4O2S/c1-13-16(18-14(2)24-13)17(23)21-11-8-19(9-12-21)7-10-20-6-4-3-5-15(20)22/h3-6H,7-12H2,1-2H3. The predicted molar refractivity (Wildman–Crippen MR) is 94.6 cm³/mol. The Morgan fingerprint density at radius 2 is 1.92 bits per heavy atom. The van der Waals surface area contributed by atoms with Crippen LogP contribution in [0.15, 0.2) is 29.2 Å². The molecule has 3 heterocycles. The van der Waals surface area contributed by atoms with E-state index in [1.54, 1.807) is 28.0 Å². The van der Waals surface area contributed by atoms with Crippen LogP contribution in [0.25, 0.3) is 0 Å². The third kappa shape index (κ3) is 3.73. The largest absolute Gasteiger partial charge is 0.335 e. The van der Waals surface area contributed by atoms with Gasteiger partial charge in [-0.2, -0.15) is 0 Å². The van der Waals surface area contributed by atoms with Crippen LogP contribution in [0.5, 0.6) is 0 Å². The molecule has 3 rings (SSSR count). The Kier molecular flexibility index (Phi) is 5.11. The summed E-state index contributed by atoms with van der Waals surface area (Å²) >= 11 is 1.57. The lowest BCUT2D eigenvalue weighted by Gasteiger charge is -2.34. The molecule has 0 radical (unpaired) electrons. The van der Waals surface area contributed by atoms with Gasteiger partial charge < -0.3 is 9.47 Å². The van der Waals surface area contributed by atoms with E-state index >= 15 is 0 Å². The van der Waals surface area contributed by atoms with Crippen molar-refractivity contribution in [3.05, 3.63) is 50.3 Å². The van der Waals surface area contributed by atoms with Crippen molar-refractivity contribution in [2.75, 3.05) is 32.7 Å². The van der Waals surface area contributed by atoms with Gasteiger partial charge in [-0.1, -0.05) is 6.07 Å². The van der Waals surface area contributed by atoms with E-state index in [-0.39, 0.29) is 11.5 Å². The molecule has 7 heteroatoms. The maximum atomic E-state index is 12.6. The maximum Gasteiger partial charge on any atom is 0.273 e. The van der Waals surface area contributed by atoms with E-state index in [1.165, 1.54) is 0 Å². The van der Waals surface area contributed by atoms with Crippen molar-refractivity contribution in [3.8, 4) is 0 Å². The van der Waals surface area contributed by atoms with Gasteiger partial charge >= 0.3 is 0 Å². The van der Waals surface area contributed by atoms with E-state index in [9.17, 15) is 9.59 Å². The fourth-order valence-corrected chi connectivity index (χ4v) is 3.76. The molecule has 0 spiro atoms. The van der Waals surface area contributed by atoms with Gasteiger partial charge in [-0.25, -0.2) is 4.98 Å². The number of nitrogens with zero attached hydrogens (tertiary/aromatic N) is 4. The summed E-state index contributed by atoms with van der Waals surface area (Å²) in [5, 5.41) is 0.933. The molecule has 1 saturated heterocycles. The number of pyridine rings is 1. The molecule has 1 aliphatic rings. The minimum absolute atomic E-state index is 0.0284. The van der Waals surface area contributed by atoms with Gasteiger partial charge in [-0.15, -0.1) is 11.3 Å². The zero-order valence-electron chi connectivity index (χ0n) is 14.1. The summed E-state index contributed by atoms with van der Waals surface area (Å²) < 4.78 is 1.72. The average molecular weight is 346 g/mol. The Morgan fingerprint density at radius 3 is 2.54 bits per heavy atom. The monoisotopic (exact) mass is 346 g/mol. The average Bonchev–Trinajstić information content (AvgIpc) is 2.92. The summed E-state index contributed by atoms with van der Waals surface area (Å²) in [7, 11) is 0. The Balaban J connectivity index is 1.52. The number of piperazine rings is 1. The molecule has 0 saturated carbocycles. The van der Waals surface area contributed by atoms with Crippen LogP contribution in [0.4, 0.5) is 0 Å². The fraction of sp³-hybridized carbons (Fsp3) is 0.471. The Hall–Kier alpha value is -1.99. The second-order valence-corrected chi connectivity index (χ2v) is 7.41. The first-order valence-corrected chi connectivity index (χ1v) is 8.97. The molecule has 0 aliphatic carbocycles. The number of carbonyl (C=O) groups is 1. The van der Waals surface area contributed by atoms with Crippen molar-refractivity contribution < 1.29 is 4.79 Å². The second kappa shape index (κ2) is 7.27. The number of hydrogen-bond donors (Lipinski definition) is 0. The highest BCUT2D eigenvalue weighted by molar-refractivity contribution is 7.11. The maximum absolute atomic E-state index is 12.6. The predicted octanol–water partition coefficient (Wildman–Crippen LogP) is 1.38. The molecule has 0 unspecified atom stereocenters.